The van der Waals surface area contributed by atoms with E-state index >= 15 is 0 Å². The summed E-state index contributed by atoms with van der Waals surface area (Å²) in [6, 6.07) is 1.82. The van der Waals surface area contributed by atoms with Gasteiger partial charge < -0.3 is 19.9 Å². The molecule has 2 amide bonds. The Balaban J connectivity index is 1.98. The van der Waals surface area contributed by atoms with Gasteiger partial charge in [-0.2, -0.15) is 0 Å². The van der Waals surface area contributed by atoms with Crippen LogP contribution in [-0.2, 0) is 4.74 Å². The van der Waals surface area contributed by atoms with E-state index in [1.165, 1.54) is 0 Å². The Morgan fingerprint density at radius 2 is 1.79 bits per heavy atom. The van der Waals surface area contributed by atoms with Gasteiger partial charge in [0.1, 0.15) is 0 Å². The Kier molecular flexibility index (Phi) is 5.64. The van der Waals surface area contributed by atoms with E-state index < -0.39 is 0 Å². The number of ether oxygens (including phenoxy) is 1. The quantitative estimate of drug-likeness (QED) is 0.917. The lowest BCUT2D eigenvalue weighted by molar-refractivity contribution is 0.0570. The normalized spacial score (nSPS) is 15.2. The molecule has 0 spiro atoms. The number of nitrogens with one attached hydrogen (secondary N) is 1. The monoisotopic (exact) mass is 334 g/mol. The zero-order valence-electron chi connectivity index (χ0n) is 14.8. The molecule has 1 fully saturated rings. The second kappa shape index (κ2) is 7.51. The molecular formula is C17H26N4O3. The highest BCUT2D eigenvalue weighted by Gasteiger charge is 2.25. The summed E-state index contributed by atoms with van der Waals surface area (Å²) < 4.78 is 4.99. The fraction of sp³-hybridized carbons (Fsp3) is 0.588. The molecule has 0 atom stereocenters. The summed E-state index contributed by atoms with van der Waals surface area (Å²) in [5, 5.41) is 3.31. The second-order valence-electron chi connectivity index (χ2n) is 6.82. The molecule has 1 N–H and O–H groups in total. The van der Waals surface area contributed by atoms with Crippen LogP contribution in [0.1, 0.15) is 38.1 Å². The second-order valence-corrected chi connectivity index (χ2v) is 6.82. The Labute approximate surface area is 143 Å². The van der Waals surface area contributed by atoms with Crippen molar-refractivity contribution in [1.82, 2.24) is 14.8 Å². The van der Waals surface area contributed by atoms with Crippen LogP contribution in [0.25, 0.3) is 0 Å². The van der Waals surface area contributed by atoms with Crippen molar-refractivity contribution in [3.05, 3.63) is 24.0 Å². The molecule has 1 aromatic rings. The molecule has 1 aromatic heterocycles. The molecule has 7 heteroatoms. The highest BCUT2D eigenvalue weighted by molar-refractivity contribution is 5.95. The van der Waals surface area contributed by atoms with Crippen LogP contribution in [0.5, 0.6) is 0 Å². The van der Waals surface area contributed by atoms with E-state index in [4.69, 9.17) is 4.74 Å². The van der Waals surface area contributed by atoms with Crippen molar-refractivity contribution in [3.63, 3.8) is 0 Å². The number of nitrogens with zero attached hydrogens (tertiary/aromatic N) is 3. The number of rotatable bonds is 3. The Morgan fingerprint density at radius 1 is 1.17 bits per heavy atom. The molecule has 0 radical (unpaired) electrons. The van der Waals surface area contributed by atoms with Gasteiger partial charge in [-0.25, -0.2) is 4.79 Å². The Bertz CT molecular complexity index is 590. The SMILES string of the molecule is CCOC(=O)N1CCN(C(=O)c2cncc(NC(C)(C)C)c2)CC1. The molecule has 0 bridgehead atoms. The largest absolute Gasteiger partial charge is 0.450 e. The van der Waals surface area contributed by atoms with Crippen LogP contribution in [0, 0.1) is 0 Å². The molecule has 7 nitrogen and oxygen atoms in total. The van der Waals surface area contributed by atoms with Crippen molar-refractivity contribution >= 4 is 17.7 Å². The van der Waals surface area contributed by atoms with Crippen molar-refractivity contribution in [2.75, 3.05) is 38.1 Å². The van der Waals surface area contributed by atoms with Crippen LogP contribution in [0.2, 0.25) is 0 Å². The van der Waals surface area contributed by atoms with E-state index in [9.17, 15) is 9.59 Å². The van der Waals surface area contributed by atoms with Gasteiger partial charge in [-0.1, -0.05) is 0 Å². The molecular weight excluding hydrogens is 308 g/mol. The van der Waals surface area contributed by atoms with Gasteiger partial charge in [0.25, 0.3) is 5.91 Å². The van der Waals surface area contributed by atoms with Crippen LogP contribution in [0.4, 0.5) is 10.5 Å². The van der Waals surface area contributed by atoms with E-state index in [1.54, 1.807) is 29.1 Å². The van der Waals surface area contributed by atoms with E-state index in [2.05, 4.69) is 31.1 Å². The standard InChI is InChI=1S/C17H26N4O3/c1-5-24-16(23)21-8-6-20(7-9-21)15(22)13-10-14(12-18-11-13)19-17(2,3)4/h10-12,19H,5-9H2,1-4H3. The van der Waals surface area contributed by atoms with Gasteiger partial charge >= 0.3 is 6.09 Å². The first-order valence-corrected chi connectivity index (χ1v) is 8.24. The van der Waals surface area contributed by atoms with Crippen molar-refractivity contribution < 1.29 is 14.3 Å². The van der Waals surface area contributed by atoms with Crippen molar-refractivity contribution in [3.8, 4) is 0 Å². The Morgan fingerprint density at radius 3 is 2.38 bits per heavy atom. The van der Waals surface area contributed by atoms with Crippen molar-refractivity contribution in [1.29, 1.82) is 0 Å². The fourth-order valence-electron chi connectivity index (χ4n) is 2.55. The smallest absolute Gasteiger partial charge is 0.409 e. The number of carbonyl (C=O) groups is 2. The summed E-state index contributed by atoms with van der Waals surface area (Å²) in [6.45, 7) is 10.3. The minimum absolute atomic E-state index is 0.0661. The van der Waals surface area contributed by atoms with Crippen LogP contribution in [0.15, 0.2) is 18.5 Å². The predicted molar refractivity (Wildman–Crippen MR) is 92.1 cm³/mol. The highest BCUT2D eigenvalue weighted by Crippen LogP contribution is 2.16. The number of piperazine rings is 1. The predicted octanol–water partition coefficient (Wildman–Crippen LogP) is 2.21. The topological polar surface area (TPSA) is 74.8 Å². The lowest BCUT2D eigenvalue weighted by atomic mass is 10.1. The van der Waals surface area contributed by atoms with E-state index in [0.717, 1.165) is 5.69 Å². The number of aromatic nitrogens is 1. The minimum atomic E-state index is -0.317. The van der Waals surface area contributed by atoms with Gasteiger partial charge in [-0.15, -0.1) is 0 Å². The zero-order chi connectivity index (χ0) is 17.7. The summed E-state index contributed by atoms with van der Waals surface area (Å²) >= 11 is 0. The fourth-order valence-corrected chi connectivity index (χ4v) is 2.55. The summed E-state index contributed by atoms with van der Waals surface area (Å²) in [6.07, 6.45) is 2.97. The summed E-state index contributed by atoms with van der Waals surface area (Å²) in [4.78, 5) is 31.9. The number of amides is 2. The molecule has 132 valence electrons. The van der Waals surface area contributed by atoms with Crippen LogP contribution >= 0.6 is 0 Å². The van der Waals surface area contributed by atoms with Crippen LogP contribution < -0.4 is 5.32 Å². The van der Waals surface area contributed by atoms with E-state index in [-0.39, 0.29) is 17.5 Å². The van der Waals surface area contributed by atoms with Gasteiger partial charge in [0.2, 0.25) is 0 Å². The maximum absolute atomic E-state index is 12.6. The van der Waals surface area contributed by atoms with Crippen molar-refractivity contribution in [2.24, 2.45) is 0 Å². The van der Waals surface area contributed by atoms with Crippen LogP contribution in [-0.4, -0.2) is 65.1 Å². The molecule has 0 aliphatic carbocycles. The number of hydrogen-bond donors (Lipinski definition) is 1. The average Bonchev–Trinajstić information content (AvgIpc) is 2.53. The molecule has 24 heavy (non-hydrogen) atoms. The number of hydrogen-bond acceptors (Lipinski definition) is 5. The number of carbonyl (C=O) groups excluding carboxylic acids is 2. The minimum Gasteiger partial charge on any atom is -0.450 e. The van der Waals surface area contributed by atoms with Gasteiger partial charge in [-0.3, -0.25) is 9.78 Å². The summed E-state index contributed by atoms with van der Waals surface area (Å²) in [7, 11) is 0. The van der Waals surface area contributed by atoms with E-state index in [0.29, 0.717) is 38.3 Å². The molecule has 1 saturated heterocycles. The van der Waals surface area contributed by atoms with Gasteiger partial charge in [0.15, 0.2) is 0 Å². The van der Waals surface area contributed by atoms with Crippen molar-refractivity contribution in [2.45, 2.75) is 33.2 Å². The zero-order valence-corrected chi connectivity index (χ0v) is 14.8. The third-order valence-electron chi connectivity index (χ3n) is 3.60. The molecule has 0 aromatic carbocycles. The molecule has 0 unspecified atom stereocenters. The highest BCUT2D eigenvalue weighted by atomic mass is 16.6. The van der Waals surface area contributed by atoms with Crippen LogP contribution in [0.3, 0.4) is 0 Å². The number of anilines is 1. The molecule has 1 aliphatic rings. The molecule has 2 rings (SSSR count). The van der Waals surface area contributed by atoms with Gasteiger partial charge in [-0.05, 0) is 33.8 Å². The first-order chi connectivity index (χ1) is 11.3. The first kappa shape index (κ1) is 18.0. The molecule has 1 aliphatic heterocycles. The maximum Gasteiger partial charge on any atom is 0.409 e. The molecule has 2 heterocycles. The van der Waals surface area contributed by atoms with Gasteiger partial charge in [0.05, 0.1) is 17.9 Å². The average molecular weight is 334 g/mol. The lowest BCUT2D eigenvalue weighted by Crippen LogP contribution is -2.50. The lowest BCUT2D eigenvalue weighted by Gasteiger charge is -2.34. The van der Waals surface area contributed by atoms with E-state index in [1.807, 2.05) is 6.07 Å². The third-order valence-corrected chi connectivity index (χ3v) is 3.60. The Hall–Kier alpha value is -2.31. The third kappa shape index (κ3) is 4.84. The summed E-state index contributed by atoms with van der Waals surface area (Å²) in [5.41, 5.74) is 1.27. The maximum atomic E-state index is 12.6. The van der Waals surface area contributed by atoms with Gasteiger partial charge in [0, 0.05) is 44.1 Å². The summed E-state index contributed by atoms with van der Waals surface area (Å²) in [5.74, 6) is -0.0661. The first-order valence-electron chi connectivity index (χ1n) is 8.24. The molecule has 0 saturated carbocycles. The number of pyridine rings is 1.